The summed E-state index contributed by atoms with van der Waals surface area (Å²) in [4.78, 5) is 0. The molecule has 0 bridgehead atoms. The van der Waals surface area contributed by atoms with Crippen LogP contribution in [0.4, 0.5) is 0 Å². The number of benzene rings is 1. The molecule has 0 radical (unpaired) electrons. The Hall–Kier alpha value is -1.02. The van der Waals surface area contributed by atoms with Gasteiger partial charge >= 0.3 is 0 Å². The van der Waals surface area contributed by atoms with Crippen LogP contribution in [0.5, 0.6) is 5.75 Å². The van der Waals surface area contributed by atoms with Gasteiger partial charge < -0.3 is 10.2 Å². The minimum absolute atomic E-state index is 0.294. The van der Waals surface area contributed by atoms with Gasteiger partial charge in [0.25, 0.3) is 0 Å². The Labute approximate surface area is 71.5 Å². The fourth-order valence-electron chi connectivity index (χ4n) is 1.78. The van der Waals surface area contributed by atoms with Crippen LogP contribution < -0.4 is 0 Å². The molecule has 1 aromatic carbocycles. The third-order valence-electron chi connectivity index (χ3n) is 2.41. The van der Waals surface area contributed by atoms with E-state index < -0.39 is 0 Å². The highest BCUT2D eigenvalue weighted by Crippen LogP contribution is 2.31. The van der Waals surface area contributed by atoms with E-state index in [2.05, 4.69) is 0 Å². The standard InChI is InChI=1S/C10H12O2/c11-8-4-5-9-7(6-8)2-1-3-10(9)12/h4-6,10-12H,1-3H2/t10-/m0/s1. The quantitative estimate of drug-likeness (QED) is 0.613. The Bertz CT molecular complexity index is 294. The lowest BCUT2D eigenvalue weighted by Gasteiger charge is -2.20. The van der Waals surface area contributed by atoms with Gasteiger partial charge in [0.1, 0.15) is 5.75 Å². The van der Waals surface area contributed by atoms with E-state index in [9.17, 15) is 10.2 Å². The number of aliphatic hydroxyl groups excluding tert-OH is 1. The minimum Gasteiger partial charge on any atom is -0.508 e. The van der Waals surface area contributed by atoms with E-state index in [1.807, 2.05) is 6.07 Å². The zero-order valence-electron chi connectivity index (χ0n) is 6.83. The van der Waals surface area contributed by atoms with Crippen LogP contribution in [0.3, 0.4) is 0 Å². The van der Waals surface area contributed by atoms with E-state index in [0.717, 1.165) is 30.4 Å². The normalized spacial score (nSPS) is 21.9. The first-order chi connectivity index (χ1) is 5.77. The monoisotopic (exact) mass is 164 g/mol. The molecule has 0 fully saturated rings. The minimum atomic E-state index is -0.325. The van der Waals surface area contributed by atoms with Crippen molar-refractivity contribution in [3.8, 4) is 5.75 Å². The molecule has 0 aromatic heterocycles. The van der Waals surface area contributed by atoms with E-state index in [4.69, 9.17) is 0 Å². The van der Waals surface area contributed by atoms with Crippen LogP contribution >= 0.6 is 0 Å². The molecule has 0 unspecified atom stereocenters. The molecule has 12 heavy (non-hydrogen) atoms. The number of aromatic hydroxyl groups is 1. The predicted molar refractivity (Wildman–Crippen MR) is 46.0 cm³/mol. The summed E-state index contributed by atoms with van der Waals surface area (Å²) in [5.41, 5.74) is 2.08. The number of phenols is 1. The number of hydrogen-bond donors (Lipinski definition) is 2. The summed E-state index contributed by atoms with van der Waals surface area (Å²) >= 11 is 0. The van der Waals surface area contributed by atoms with Gasteiger partial charge in [0.05, 0.1) is 6.10 Å². The average molecular weight is 164 g/mol. The van der Waals surface area contributed by atoms with Crippen LogP contribution in [0.1, 0.15) is 30.1 Å². The number of aryl methyl sites for hydroxylation is 1. The predicted octanol–water partition coefficient (Wildman–Crippen LogP) is 1.76. The van der Waals surface area contributed by atoms with Gasteiger partial charge in [0.2, 0.25) is 0 Å². The molecule has 64 valence electrons. The third kappa shape index (κ3) is 1.18. The molecule has 2 nitrogen and oxygen atoms in total. The fourth-order valence-corrected chi connectivity index (χ4v) is 1.78. The van der Waals surface area contributed by atoms with Crippen LogP contribution in [-0.4, -0.2) is 10.2 Å². The molecule has 1 atom stereocenters. The highest BCUT2D eigenvalue weighted by atomic mass is 16.3. The van der Waals surface area contributed by atoms with E-state index in [0.29, 0.717) is 5.75 Å². The Kier molecular flexibility index (Phi) is 1.77. The highest BCUT2D eigenvalue weighted by Gasteiger charge is 2.17. The molecule has 0 saturated heterocycles. The van der Waals surface area contributed by atoms with Crippen LogP contribution in [0.15, 0.2) is 18.2 Å². The van der Waals surface area contributed by atoms with Gasteiger partial charge in [-0.15, -0.1) is 0 Å². The number of hydrogen-bond acceptors (Lipinski definition) is 2. The zero-order valence-corrected chi connectivity index (χ0v) is 6.83. The summed E-state index contributed by atoms with van der Waals surface area (Å²) < 4.78 is 0. The van der Waals surface area contributed by atoms with Crippen molar-refractivity contribution in [2.75, 3.05) is 0 Å². The molecule has 1 aromatic rings. The van der Waals surface area contributed by atoms with Crippen molar-refractivity contribution < 1.29 is 10.2 Å². The summed E-state index contributed by atoms with van der Waals surface area (Å²) in [5.74, 6) is 0.294. The molecule has 0 saturated carbocycles. The maximum atomic E-state index is 9.57. The third-order valence-corrected chi connectivity index (χ3v) is 2.41. The lowest BCUT2D eigenvalue weighted by atomic mass is 9.89. The molecule has 1 aliphatic rings. The van der Waals surface area contributed by atoms with Gasteiger partial charge in [0, 0.05) is 0 Å². The first kappa shape index (κ1) is 7.62. The first-order valence-electron chi connectivity index (χ1n) is 4.27. The molecule has 0 amide bonds. The molecule has 0 spiro atoms. The maximum absolute atomic E-state index is 9.57. The van der Waals surface area contributed by atoms with Crippen molar-refractivity contribution in [3.05, 3.63) is 29.3 Å². The van der Waals surface area contributed by atoms with E-state index in [-0.39, 0.29) is 6.10 Å². The second-order valence-corrected chi connectivity index (χ2v) is 3.29. The van der Waals surface area contributed by atoms with Crippen LogP contribution in [0.2, 0.25) is 0 Å². The molecule has 0 aliphatic heterocycles. The zero-order chi connectivity index (χ0) is 8.55. The summed E-state index contributed by atoms with van der Waals surface area (Å²) in [7, 11) is 0. The topological polar surface area (TPSA) is 40.5 Å². The van der Waals surface area contributed by atoms with Crippen molar-refractivity contribution in [3.63, 3.8) is 0 Å². The summed E-state index contributed by atoms with van der Waals surface area (Å²) in [6.07, 6.45) is 2.50. The highest BCUT2D eigenvalue weighted by molar-refractivity contribution is 5.37. The van der Waals surface area contributed by atoms with Gasteiger partial charge in [-0.1, -0.05) is 6.07 Å². The Balaban J connectivity index is 2.46. The van der Waals surface area contributed by atoms with Crippen molar-refractivity contribution in [2.24, 2.45) is 0 Å². The van der Waals surface area contributed by atoms with Crippen LogP contribution in [0.25, 0.3) is 0 Å². The van der Waals surface area contributed by atoms with E-state index in [1.165, 1.54) is 0 Å². The molecule has 0 heterocycles. The Morgan fingerprint density at radius 3 is 3.00 bits per heavy atom. The maximum Gasteiger partial charge on any atom is 0.115 e. The van der Waals surface area contributed by atoms with Gasteiger partial charge in [0.15, 0.2) is 0 Å². The van der Waals surface area contributed by atoms with Gasteiger partial charge in [-0.25, -0.2) is 0 Å². The van der Waals surface area contributed by atoms with Crippen LogP contribution in [-0.2, 0) is 6.42 Å². The second-order valence-electron chi connectivity index (χ2n) is 3.29. The molecule has 2 rings (SSSR count). The number of rotatable bonds is 0. The lowest BCUT2D eigenvalue weighted by Crippen LogP contribution is -2.08. The Morgan fingerprint density at radius 1 is 1.33 bits per heavy atom. The molecular weight excluding hydrogens is 152 g/mol. The van der Waals surface area contributed by atoms with Crippen molar-refractivity contribution in [1.29, 1.82) is 0 Å². The summed E-state index contributed by atoms with van der Waals surface area (Å²) in [6, 6.07) is 5.19. The second kappa shape index (κ2) is 2.79. The molecular formula is C10H12O2. The number of fused-ring (bicyclic) bond motifs is 1. The van der Waals surface area contributed by atoms with Gasteiger partial charge in [-0.3, -0.25) is 0 Å². The van der Waals surface area contributed by atoms with Gasteiger partial charge in [-0.2, -0.15) is 0 Å². The molecule has 2 heteroatoms. The average Bonchev–Trinajstić information content (AvgIpc) is 2.04. The van der Waals surface area contributed by atoms with E-state index >= 15 is 0 Å². The van der Waals surface area contributed by atoms with E-state index in [1.54, 1.807) is 12.1 Å². The number of aliphatic hydroxyl groups is 1. The fraction of sp³-hybridized carbons (Fsp3) is 0.400. The lowest BCUT2D eigenvalue weighted by molar-refractivity contribution is 0.156. The first-order valence-corrected chi connectivity index (χ1v) is 4.27. The van der Waals surface area contributed by atoms with Gasteiger partial charge in [-0.05, 0) is 42.5 Å². The molecule has 2 N–H and O–H groups in total. The smallest absolute Gasteiger partial charge is 0.115 e. The Morgan fingerprint density at radius 2 is 2.17 bits per heavy atom. The van der Waals surface area contributed by atoms with Crippen LogP contribution in [0, 0.1) is 0 Å². The largest absolute Gasteiger partial charge is 0.508 e. The molecule has 1 aliphatic carbocycles. The van der Waals surface area contributed by atoms with Crippen molar-refractivity contribution in [2.45, 2.75) is 25.4 Å². The number of phenolic OH excluding ortho intramolecular Hbond substituents is 1. The summed E-state index contributed by atoms with van der Waals surface area (Å²) in [6.45, 7) is 0. The van der Waals surface area contributed by atoms with Crippen molar-refractivity contribution in [1.82, 2.24) is 0 Å². The van der Waals surface area contributed by atoms with Crippen molar-refractivity contribution >= 4 is 0 Å². The summed E-state index contributed by atoms with van der Waals surface area (Å²) in [5, 5.41) is 18.8. The SMILES string of the molecule is Oc1ccc2c(c1)CCC[C@@H]2O.